The first-order chi connectivity index (χ1) is 9.66. The Morgan fingerprint density at radius 1 is 1.55 bits per heavy atom. The van der Waals surface area contributed by atoms with Gasteiger partial charge in [0.05, 0.1) is 0 Å². The summed E-state index contributed by atoms with van der Waals surface area (Å²) in [5, 5.41) is 15.7. The van der Waals surface area contributed by atoms with Crippen molar-refractivity contribution in [3.63, 3.8) is 0 Å². The largest absolute Gasteiger partial charge is 0.480 e. The molecule has 0 fully saturated rings. The number of aromatic nitrogens is 2. The van der Waals surface area contributed by atoms with Crippen LogP contribution in [-0.4, -0.2) is 38.8 Å². The van der Waals surface area contributed by atoms with Crippen molar-refractivity contribution in [1.82, 2.24) is 14.7 Å². The smallest absolute Gasteiger partial charge is 0.325 e. The monoisotopic (exact) mass is 291 g/mol. The Morgan fingerprint density at radius 3 is 3.10 bits per heavy atom. The van der Waals surface area contributed by atoms with Gasteiger partial charge in [-0.25, -0.2) is 0 Å². The van der Waals surface area contributed by atoms with Gasteiger partial charge in [-0.2, -0.15) is 5.10 Å². The molecule has 1 aliphatic heterocycles. The third-order valence-corrected chi connectivity index (χ3v) is 4.87. The molecule has 0 bridgehead atoms. The van der Waals surface area contributed by atoms with E-state index in [1.807, 2.05) is 29.2 Å². The van der Waals surface area contributed by atoms with Crippen molar-refractivity contribution >= 4 is 17.3 Å². The molecule has 0 amide bonds. The summed E-state index contributed by atoms with van der Waals surface area (Å²) >= 11 is 1.66. The molecule has 0 saturated carbocycles. The first-order valence-electron chi connectivity index (χ1n) is 6.67. The molecule has 0 spiro atoms. The van der Waals surface area contributed by atoms with Crippen LogP contribution in [-0.2, 0) is 24.7 Å². The number of aryl methyl sites for hydroxylation is 1. The molecule has 1 aliphatic rings. The summed E-state index contributed by atoms with van der Waals surface area (Å²) < 4.78 is 1.84. The highest BCUT2D eigenvalue weighted by molar-refractivity contribution is 7.10. The molecule has 2 aromatic rings. The van der Waals surface area contributed by atoms with Crippen LogP contribution < -0.4 is 0 Å². The second-order valence-electron chi connectivity index (χ2n) is 5.02. The highest BCUT2D eigenvalue weighted by atomic mass is 32.1. The summed E-state index contributed by atoms with van der Waals surface area (Å²) in [6, 6.07) is 3.43. The lowest BCUT2D eigenvalue weighted by atomic mass is 9.99. The number of rotatable bonds is 4. The average Bonchev–Trinajstić information content (AvgIpc) is 3.03. The highest BCUT2D eigenvalue weighted by Crippen LogP contribution is 2.33. The van der Waals surface area contributed by atoms with E-state index in [1.54, 1.807) is 17.5 Å². The van der Waals surface area contributed by atoms with Crippen LogP contribution in [0.5, 0.6) is 0 Å². The summed E-state index contributed by atoms with van der Waals surface area (Å²) in [6.07, 6.45) is 3.54. The normalized spacial score (nSPS) is 18.9. The molecule has 1 unspecified atom stereocenters. The maximum atomic E-state index is 11.6. The zero-order chi connectivity index (χ0) is 14.1. The third kappa shape index (κ3) is 2.36. The van der Waals surface area contributed by atoms with E-state index >= 15 is 0 Å². The minimum atomic E-state index is -0.755. The summed E-state index contributed by atoms with van der Waals surface area (Å²) in [7, 11) is 1.91. The van der Waals surface area contributed by atoms with Gasteiger partial charge in [0.25, 0.3) is 0 Å². The van der Waals surface area contributed by atoms with E-state index in [-0.39, 0.29) is 0 Å². The summed E-state index contributed by atoms with van der Waals surface area (Å²) in [4.78, 5) is 14.9. The molecule has 2 aromatic heterocycles. The molecule has 1 atom stereocenters. The van der Waals surface area contributed by atoms with Gasteiger partial charge < -0.3 is 5.11 Å². The van der Waals surface area contributed by atoms with Crippen molar-refractivity contribution in [2.24, 2.45) is 7.05 Å². The molecule has 3 rings (SSSR count). The van der Waals surface area contributed by atoms with E-state index in [9.17, 15) is 9.90 Å². The molecule has 0 aliphatic carbocycles. The number of fused-ring (bicyclic) bond motifs is 1. The van der Waals surface area contributed by atoms with E-state index in [4.69, 9.17) is 0 Å². The van der Waals surface area contributed by atoms with Gasteiger partial charge in [0, 0.05) is 43.3 Å². The maximum Gasteiger partial charge on any atom is 0.325 e. The fraction of sp³-hybridized carbons (Fsp3) is 0.429. The van der Waals surface area contributed by atoms with Gasteiger partial charge in [0.15, 0.2) is 0 Å². The summed E-state index contributed by atoms with van der Waals surface area (Å²) in [5.74, 6) is -0.755. The number of aliphatic carboxylic acids is 1. The molecule has 5 nitrogen and oxygen atoms in total. The average molecular weight is 291 g/mol. The number of nitrogens with zero attached hydrogens (tertiary/aromatic N) is 3. The molecule has 6 heteroatoms. The Hall–Kier alpha value is -1.66. The Balaban J connectivity index is 1.76. The van der Waals surface area contributed by atoms with Crippen molar-refractivity contribution in [2.45, 2.75) is 18.9 Å². The highest BCUT2D eigenvalue weighted by Gasteiger charge is 2.33. The van der Waals surface area contributed by atoms with Crippen LogP contribution in [0.2, 0.25) is 0 Å². The lowest BCUT2D eigenvalue weighted by Gasteiger charge is -2.33. The molecule has 0 saturated heterocycles. The maximum absolute atomic E-state index is 11.6. The first-order valence-corrected chi connectivity index (χ1v) is 7.55. The van der Waals surface area contributed by atoms with Crippen LogP contribution >= 0.6 is 11.3 Å². The van der Waals surface area contributed by atoms with Gasteiger partial charge in [-0.3, -0.25) is 14.4 Å². The second kappa shape index (κ2) is 5.38. The lowest BCUT2D eigenvalue weighted by molar-refractivity contribution is -0.144. The predicted molar refractivity (Wildman–Crippen MR) is 76.9 cm³/mol. The quantitative estimate of drug-likeness (QED) is 0.931. The number of carboxylic acids is 1. The Kier molecular flexibility index (Phi) is 3.58. The Bertz CT molecular complexity index is 619. The number of hydrogen-bond donors (Lipinski definition) is 1. The van der Waals surface area contributed by atoms with Gasteiger partial charge in [-0.15, -0.1) is 11.3 Å². The molecule has 0 radical (unpaired) electrons. The van der Waals surface area contributed by atoms with Crippen molar-refractivity contribution in [3.05, 3.63) is 39.8 Å². The number of hydrogen-bond acceptors (Lipinski definition) is 4. The van der Waals surface area contributed by atoms with E-state index < -0.39 is 12.0 Å². The van der Waals surface area contributed by atoms with Crippen molar-refractivity contribution in [3.8, 4) is 0 Å². The first kappa shape index (κ1) is 13.3. The Morgan fingerprint density at radius 2 is 2.40 bits per heavy atom. The number of carboxylic acid groups (broad SMARTS) is 1. The molecule has 106 valence electrons. The van der Waals surface area contributed by atoms with Gasteiger partial charge >= 0.3 is 5.97 Å². The molecule has 0 aromatic carbocycles. The minimum Gasteiger partial charge on any atom is -0.480 e. The van der Waals surface area contributed by atoms with Crippen molar-refractivity contribution in [1.29, 1.82) is 0 Å². The zero-order valence-corrected chi connectivity index (χ0v) is 12.1. The van der Waals surface area contributed by atoms with Crippen molar-refractivity contribution < 1.29 is 9.90 Å². The minimum absolute atomic E-state index is 0.502. The van der Waals surface area contributed by atoms with Crippen LogP contribution in [0.25, 0.3) is 0 Å². The van der Waals surface area contributed by atoms with E-state index in [0.717, 1.165) is 37.2 Å². The topological polar surface area (TPSA) is 58.4 Å². The number of thiophene rings is 1. The second-order valence-corrected chi connectivity index (χ2v) is 6.02. The molecular formula is C14H17N3O2S. The van der Waals surface area contributed by atoms with Crippen LogP contribution in [0.4, 0.5) is 0 Å². The van der Waals surface area contributed by atoms with Crippen LogP contribution in [0, 0.1) is 0 Å². The summed E-state index contributed by atoms with van der Waals surface area (Å²) in [5.41, 5.74) is 2.10. The van der Waals surface area contributed by atoms with Crippen LogP contribution in [0.3, 0.4) is 0 Å². The lowest BCUT2D eigenvalue weighted by Crippen LogP contribution is -2.40. The van der Waals surface area contributed by atoms with E-state index in [0.29, 0.717) is 0 Å². The molecule has 1 N–H and O–H groups in total. The van der Waals surface area contributed by atoms with Gasteiger partial charge in [0.2, 0.25) is 0 Å². The molecular weight excluding hydrogens is 274 g/mol. The predicted octanol–water partition coefficient (Wildman–Crippen LogP) is 1.71. The SMILES string of the molecule is Cn1nccc1CCN1CCc2sccc2C1C(=O)O. The van der Waals surface area contributed by atoms with E-state index in [2.05, 4.69) is 10.00 Å². The Labute approximate surface area is 121 Å². The molecule has 20 heavy (non-hydrogen) atoms. The zero-order valence-electron chi connectivity index (χ0n) is 11.3. The van der Waals surface area contributed by atoms with Gasteiger partial charge in [-0.1, -0.05) is 0 Å². The van der Waals surface area contributed by atoms with E-state index in [1.165, 1.54) is 4.88 Å². The standard InChI is InChI=1S/C14H17N3O2S/c1-16-10(2-6-15-16)3-7-17-8-4-12-11(5-9-20-12)13(17)14(18)19/h2,5-6,9,13H,3-4,7-8H2,1H3,(H,18,19). The third-order valence-electron chi connectivity index (χ3n) is 3.88. The molecule has 3 heterocycles. The fourth-order valence-electron chi connectivity index (χ4n) is 2.80. The van der Waals surface area contributed by atoms with Crippen LogP contribution in [0.1, 0.15) is 22.2 Å². The van der Waals surface area contributed by atoms with Gasteiger partial charge in [-0.05, 0) is 29.5 Å². The number of carbonyl (C=O) groups is 1. The summed E-state index contributed by atoms with van der Waals surface area (Å²) in [6.45, 7) is 1.55. The van der Waals surface area contributed by atoms with Crippen LogP contribution in [0.15, 0.2) is 23.7 Å². The van der Waals surface area contributed by atoms with Crippen molar-refractivity contribution in [2.75, 3.05) is 13.1 Å². The fourth-order valence-corrected chi connectivity index (χ4v) is 3.71. The van der Waals surface area contributed by atoms with Gasteiger partial charge in [0.1, 0.15) is 6.04 Å².